The molecular formula is C19H16F4N2O. The van der Waals surface area contributed by atoms with Crippen LogP contribution in [0.1, 0.15) is 12.0 Å². The van der Waals surface area contributed by atoms with Gasteiger partial charge >= 0.3 is 0 Å². The molecule has 3 rings (SSSR count). The fourth-order valence-corrected chi connectivity index (χ4v) is 2.86. The average Bonchev–Trinajstić information content (AvgIpc) is 2.96. The van der Waals surface area contributed by atoms with Gasteiger partial charge in [-0.15, -0.1) is 0 Å². The van der Waals surface area contributed by atoms with E-state index in [9.17, 15) is 22.4 Å². The molecule has 1 amide bonds. The van der Waals surface area contributed by atoms with Gasteiger partial charge in [0.05, 0.1) is 6.54 Å². The third kappa shape index (κ3) is 4.04. The van der Waals surface area contributed by atoms with Crippen molar-refractivity contribution in [3.63, 3.8) is 0 Å². The van der Waals surface area contributed by atoms with Gasteiger partial charge < -0.3 is 10.3 Å². The van der Waals surface area contributed by atoms with E-state index in [1.165, 1.54) is 24.3 Å². The Hall–Kier alpha value is -2.83. The maximum absolute atomic E-state index is 13.7. The highest BCUT2D eigenvalue weighted by molar-refractivity contribution is 5.91. The van der Waals surface area contributed by atoms with Crippen LogP contribution in [0.25, 0.3) is 22.2 Å². The summed E-state index contributed by atoms with van der Waals surface area (Å²) < 4.78 is 51.2. The van der Waals surface area contributed by atoms with Crippen molar-refractivity contribution in [1.29, 1.82) is 0 Å². The number of amides is 1. The Morgan fingerprint density at radius 3 is 2.42 bits per heavy atom. The number of benzene rings is 2. The van der Waals surface area contributed by atoms with Crippen molar-refractivity contribution < 1.29 is 22.4 Å². The number of aromatic amines is 1. The summed E-state index contributed by atoms with van der Waals surface area (Å²) in [4.78, 5) is 14.9. The van der Waals surface area contributed by atoms with Crippen LogP contribution in [-0.2, 0) is 11.2 Å². The number of aromatic nitrogens is 1. The number of rotatable bonds is 6. The van der Waals surface area contributed by atoms with E-state index in [-0.39, 0.29) is 18.7 Å². The highest BCUT2D eigenvalue weighted by Crippen LogP contribution is 2.32. The molecule has 7 heteroatoms. The maximum Gasteiger partial charge on any atom is 0.255 e. The molecule has 0 saturated carbocycles. The molecule has 0 aliphatic rings. The first kappa shape index (κ1) is 18.0. The molecule has 2 N–H and O–H groups in total. The molecule has 3 nitrogen and oxygen atoms in total. The number of carbonyl (C=O) groups excluding carboxylic acids is 1. The SMILES string of the molecule is O=C(CCc1c(-c2ccc(F)cc2)[nH]c2ccc(F)cc12)NCC(F)F. The summed E-state index contributed by atoms with van der Waals surface area (Å²) in [7, 11) is 0. The second-order valence-corrected chi connectivity index (χ2v) is 5.87. The van der Waals surface area contributed by atoms with E-state index >= 15 is 0 Å². The first-order valence-electron chi connectivity index (χ1n) is 8.05. The summed E-state index contributed by atoms with van der Waals surface area (Å²) in [5, 5.41) is 2.75. The van der Waals surface area contributed by atoms with Gasteiger partial charge in [0, 0.05) is 23.0 Å². The predicted molar refractivity (Wildman–Crippen MR) is 91.0 cm³/mol. The zero-order valence-electron chi connectivity index (χ0n) is 13.7. The van der Waals surface area contributed by atoms with E-state index in [0.717, 1.165) is 0 Å². The van der Waals surface area contributed by atoms with Crippen molar-refractivity contribution in [2.75, 3.05) is 6.54 Å². The predicted octanol–water partition coefficient (Wildman–Crippen LogP) is 4.43. The lowest BCUT2D eigenvalue weighted by Gasteiger charge is -2.07. The monoisotopic (exact) mass is 364 g/mol. The van der Waals surface area contributed by atoms with E-state index in [4.69, 9.17) is 0 Å². The van der Waals surface area contributed by atoms with Crippen molar-refractivity contribution >= 4 is 16.8 Å². The molecule has 0 bridgehead atoms. The van der Waals surface area contributed by atoms with Crippen LogP contribution in [0.4, 0.5) is 17.6 Å². The minimum atomic E-state index is -2.61. The van der Waals surface area contributed by atoms with Gasteiger partial charge in [0.25, 0.3) is 6.43 Å². The van der Waals surface area contributed by atoms with E-state index in [2.05, 4.69) is 10.3 Å². The molecule has 1 heterocycles. The lowest BCUT2D eigenvalue weighted by Crippen LogP contribution is -2.28. The van der Waals surface area contributed by atoms with Crippen LogP contribution >= 0.6 is 0 Å². The van der Waals surface area contributed by atoms with Gasteiger partial charge in [0.15, 0.2) is 0 Å². The highest BCUT2D eigenvalue weighted by Gasteiger charge is 2.16. The number of carbonyl (C=O) groups is 1. The minimum Gasteiger partial charge on any atom is -0.354 e. The second-order valence-electron chi connectivity index (χ2n) is 5.87. The normalized spacial score (nSPS) is 11.3. The van der Waals surface area contributed by atoms with Crippen LogP contribution in [-0.4, -0.2) is 23.9 Å². The van der Waals surface area contributed by atoms with Crippen molar-refractivity contribution in [3.05, 3.63) is 59.7 Å². The third-order valence-corrected chi connectivity index (χ3v) is 4.06. The molecule has 0 aliphatic carbocycles. The number of aryl methyl sites for hydroxylation is 1. The van der Waals surface area contributed by atoms with Crippen LogP contribution < -0.4 is 5.32 Å². The molecule has 136 valence electrons. The molecule has 26 heavy (non-hydrogen) atoms. The van der Waals surface area contributed by atoms with Crippen LogP contribution in [0.5, 0.6) is 0 Å². The summed E-state index contributed by atoms with van der Waals surface area (Å²) >= 11 is 0. The van der Waals surface area contributed by atoms with Gasteiger partial charge in [0.1, 0.15) is 11.6 Å². The Labute approximate surface area is 147 Å². The topological polar surface area (TPSA) is 44.9 Å². The maximum atomic E-state index is 13.7. The average molecular weight is 364 g/mol. The molecule has 2 aromatic carbocycles. The summed E-state index contributed by atoms with van der Waals surface area (Å²) in [6.07, 6.45) is -2.41. The fourth-order valence-electron chi connectivity index (χ4n) is 2.86. The van der Waals surface area contributed by atoms with Gasteiger partial charge in [-0.2, -0.15) is 0 Å². The summed E-state index contributed by atoms with van der Waals surface area (Å²) in [5.74, 6) is -1.32. The van der Waals surface area contributed by atoms with E-state index in [1.54, 1.807) is 18.2 Å². The Balaban J connectivity index is 1.93. The first-order valence-corrected chi connectivity index (χ1v) is 8.05. The van der Waals surface area contributed by atoms with Crippen LogP contribution in [0, 0.1) is 11.6 Å². The number of fused-ring (bicyclic) bond motifs is 1. The lowest BCUT2D eigenvalue weighted by atomic mass is 10.0. The smallest absolute Gasteiger partial charge is 0.255 e. The molecule has 1 aromatic heterocycles. The molecule has 0 atom stereocenters. The van der Waals surface area contributed by atoms with Gasteiger partial charge in [-0.1, -0.05) is 0 Å². The zero-order valence-corrected chi connectivity index (χ0v) is 13.7. The van der Waals surface area contributed by atoms with Gasteiger partial charge in [-0.25, -0.2) is 17.6 Å². The number of halogens is 4. The second kappa shape index (κ2) is 7.59. The summed E-state index contributed by atoms with van der Waals surface area (Å²) in [5.41, 5.74) is 2.69. The van der Waals surface area contributed by atoms with Gasteiger partial charge in [0.2, 0.25) is 5.91 Å². The largest absolute Gasteiger partial charge is 0.354 e. The Morgan fingerprint density at radius 2 is 1.73 bits per heavy atom. The third-order valence-electron chi connectivity index (χ3n) is 4.06. The number of alkyl halides is 2. The number of H-pyrrole nitrogens is 1. The standard InChI is InChI=1S/C19H16F4N2O/c20-12-3-1-11(2-4-12)19-14(6-8-18(26)24-10-17(22)23)15-9-13(21)5-7-16(15)25-19/h1-5,7,9,17,25H,6,8,10H2,(H,24,26). The number of nitrogens with one attached hydrogen (secondary N) is 2. The summed E-state index contributed by atoms with van der Waals surface area (Å²) in [6, 6.07) is 10.0. The number of hydrogen-bond donors (Lipinski definition) is 2. The summed E-state index contributed by atoms with van der Waals surface area (Å²) in [6.45, 7) is -0.702. The van der Waals surface area contributed by atoms with Crippen LogP contribution in [0.15, 0.2) is 42.5 Å². The Morgan fingerprint density at radius 1 is 1.04 bits per heavy atom. The molecule has 0 radical (unpaired) electrons. The van der Waals surface area contributed by atoms with E-state index in [0.29, 0.717) is 27.7 Å². The van der Waals surface area contributed by atoms with E-state index in [1.807, 2.05) is 0 Å². The van der Waals surface area contributed by atoms with Crippen molar-refractivity contribution in [2.24, 2.45) is 0 Å². The number of hydrogen-bond acceptors (Lipinski definition) is 1. The lowest BCUT2D eigenvalue weighted by molar-refractivity contribution is -0.121. The van der Waals surface area contributed by atoms with Gasteiger partial charge in [-0.05, 0) is 60.0 Å². The van der Waals surface area contributed by atoms with Crippen molar-refractivity contribution in [1.82, 2.24) is 10.3 Å². The molecular weight excluding hydrogens is 348 g/mol. The zero-order chi connectivity index (χ0) is 18.7. The van der Waals surface area contributed by atoms with E-state index < -0.39 is 24.7 Å². The van der Waals surface area contributed by atoms with Crippen molar-refractivity contribution in [3.8, 4) is 11.3 Å². The fraction of sp³-hybridized carbons (Fsp3) is 0.211. The quantitative estimate of drug-likeness (QED) is 0.625. The van der Waals surface area contributed by atoms with Crippen LogP contribution in [0.3, 0.4) is 0 Å². The molecule has 0 spiro atoms. The van der Waals surface area contributed by atoms with Crippen LogP contribution in [0.2, 0.25) is 0 Å². The highest BCUT2D eigenvalue weighted by atomic mass is 19.3. The van der Waals surface area contributed by atoms with Crippen molar-refractivity contribution in [2.45, 2.75) is 19.3 Å². The molecule has 0 unspecified atom stereocenters. The first-order chi connectivity index (χ1) is 12.4. The Kier molecular flexibility index (Phi) is 5.25. The molecule has 0 aliphatic heterocycles. The minimum absolute atomic E-state index is 0.0234. The van der Waals surface area contributed by atoms with Gasteiger partial charge in [-0.3, -0.25) is 4.79 Å². The molecule has 0 saturated heterocycles. The molecule has 0 fully saturated rings. The Bertz CT molecular complexity index is 919. The molecule has 3 aromatic rings.